The number of hydrogen-bond acceptors (Lipinski definition) is 5. The number of ether oxygens (including phenoxy) is 2. The Bertz CT molecular complexity index is 1050. The van der Waals surface area contributed by atoms with E-state index in [1.165, 1.54) is 0 Å². The fourth-order valence-electron chi connectivity index (χ4n) is 3.30. The number of hydrogen-bond donors (Lipinski definition) is 1. The van der Waals surface area contributed by atoms with Gasteiger partial charge in [0.2, 0.25) is 5.91 Å². The predicted molar refractivity (Wildman–Crippen MR) is 121 cm³/mol. The first kappa shape index (κ1) is 22.1. The van der Waals surface area contributed by atoms with Crippen molar-refractivity contribution in [3.8, 4) is 11.5 Å². The highest BCUT2D eigenvalue weighted by Crippen LogP contribution is 2.25. The SMILES string of the molecule is COc1ccc(CN(C)CC(=O)Nc2ccccc2C(=O)c2ccccc2)c(OC)c1. The molecule has 0 heterocycles. The topological polar surface area (TPSA) is 67.9 Å². The van der Waals surface area contributed by atoms with Crippen molar-refractivity contribution in [2.45, 2.75) is 6.54 Å². The van der Waals surface area contributed by atoms with Gasteiger partial charge >= 0.3 is 0 Å². The van der Waals surface area contributed by atoms with Crippen LogP contribution in [0.2, 0.25) is 0 Å². The van der Waals surface area contributed by atoms with Crippen LogP contribution in [0.3, 0.4) is 0 Å². The Balaban J connectivity index is 1.67. The van der Waals surface area contributed by atoms with Gasteiger partial charge in [-0.3, -0.25) is 14.5 Å². The van der Waals surface area contributed by atoms with Crippen LogP contribution < -0.4 is 14.8 Å². The zero-order valence-electron chi connectivity index (χ0n) is 17.9. The number of methoxy groups -OCH3 is 2. The molecule has 1 amide bonds. The number of likely N-dealkylation sites (N-methyl/N-ethyl adjacent to an activating group) is 1. The van der Waals surface area contributed by atoms with E-state index >= 15 is 0 Å². The summed E-state index contributed by atoms with van der Waals surface area (Å²) in [4.78, 5) is 27.4. The molecule has 6 heteroatoms. The van der Waals surface area contributed by atoms with Gasteiger partial charge in [0.25, 0.3) is 0 Å². The Morgan fingerprint density at radius 3 is 2.32 bits per heavy atom. The van der Waals surface area contributed by atoms with E-state index in [2.05, 4.69) is 5.32 Å². The second kappa shape index (κ2) is 10.4. The van der Waals surface area contributed by atoms with E-state index in [1.54, 1.807) is 50.6 Å². The smallest absolute Gasteiger partial charge is 0.238 e. The zero-order valence-corrected chi connectivity index (χ0v) is 17.9. The molecule has 3 aromatic rings. The Hall–Kier alpha value is -3.64. The molecule has 3 rings (SSSR count). The summed E-state index contributed by atoms with van der Waals surface area (Å²) in [5.41, 5.74) is 2.48. The molecule has 0 radical (unpaired) electrons. The molecule has 160 valence electrons. The maximum Gasteiger partial charge on any atom is 0.238 e. The van der Waals surface area contributed by atoms with E-state index in [1.807, 2.05) is 48.3 Å². The van der Waals surface area contributed by atoms with Gasteiger partial charge in [0.1, 0.15) is 11.5 Å². The number of ketones is 1. The molecule has 0 saturated heterocycles. The number of carbonyl (C=O) groups excluding carboxylic acids is 2. The molecule has 0 fully saturated rings. The van der Waals surface area contributed by atoms with Crippen LogP contribution in [-0.2, 0) is 11.3 Å². The molecule has 0 atom stereocenters. The van der Waals surface area contributed by atoms with E-state index in [9.17, 15) is 9.59 Å². The summed E-state index contributed by atoms with van der Waals surface area (Å²) in [6.45, 7) is 0.675. The predicted octanol–water partition coefficient (Wildman–Crippen LogP) is 4.01. The number of benzene rings is 3. The first-order chi connectivity index (χ1) is 15.0. The molecule has 0 bridgehead atoms. The highest BCUT2D eigenvalue weighted by atomic mass is 16.5. The lowest BCUT2D eigenvalue weighted by Crippen LogP contribution is -2.30. The number of para-hydroxylation sites is 1. The van der Waals surface area contributed by atoms with Gasteiger partial charge in [-0.1, -0.05) is 48.5 Å². The Morgan fingerprint density at radius 2 is 1.61 bits per heavy atom. The molecule has 0 aliphatic carbocycles. The molecule has 31 heavy (non-hydrogen) atoms. The maximum absolute atomic E-state index is 12.8. The lowest BCUT2D eigenvalue weighted by atomic mass is 10.0. The van der Waals surface area contributed by atoms with Crippen molar-refractivity contribution < 1.29 is 19.1 Å². The molecular weight excluding hydrogens is 392 g/mol. The molecule has 1 N–H and O–H groups in total. The second-order valence-electron chi connectivity index (χ2n) is 7.14. The number of nitrogens with one attached hydrogen (secondary N) is 1. The third kappa shape index (κ3) is 5.71. The summed E-state index contributed by atoms with van der Waals surface area (Å²) in [6, 6.07) is 21.6. The van der Waals surface area contributed by atoms with Crippen molar-refractivity contribution in [1.82, 2.24) is 4.90 Å². The number of nitrogens with zero attached hydrogens (tertiary/aromatic N) is 1. The van der Waals surface area contributed by atoms with E-state index in [4.69, 9.17) is 9.47 Å². The highest BCUT2D eigenvalue weighted by molar-refractivity contribution is 6.13. The molecular formula is C25H26N2O4. The Morgan fingerprint density at radius 1 is 0.903 bits per heavy atom. The highest BCUT2D eigenvalue weighted by Gasteiger charge is 2.16. The van der Waals surface area contributed by atoms with Crippen LogP contribution in [0.4, 0.5) is 5.69 Å². The van der Waals surface area contributed by atoms with Crippen molar-refractivity contribution in [1.29, 1.82) is 0 Å². The Kier molecular flexibility index (Phi) is 7.40. The fourth-order valence-corrected chi connectivity index (χ4v) is 3.30. The van der Waals surface area contributed by atoms with Gasteiger partial charge in [-0.2, -0.15) is 0 Å². The molecule has 0 aromatic heterocycles. The minimum absolute atomic E-state index is 0.132. The summed E-state index contributed by atoms with van der Waals surface area (Å²) in [7, 11) is 5.06. The molecule has 0 spiro atoms. The summed E-state index contributed by atoms with van der Waals surface area (Å²) < 4.78 is 10.7. The van der Waals surface area contributed by atoms with E-state index in [0.717, 1.165) is 5.56 Å². The van der Waals surface area contributed by atoms with Gasteiger partial charge in [0.15, 0.2) is 5.78 Å². The number of amides is 1. The molecule has 3 aromatic carbocycles. The summed E-state index contributed by atoms with van der Waals surface area (Å²) in [5, 5.41) is 2.87. The summed E-state index contributed by atoms with van der Waals surface area (Å²) >= 11 is 0. The minimum atomic E-state index is -0.205. The van der Waals surface area contributed by atoms with Crippen LogP contribution in [0.15, 0.2) is 72.8 Å². The first-order valence-corrected chi connectivity index (χ1v) is 9.90. The summed E-state index contributed by atoms with van der Waals surface area (Å²) in [6.07, 6.45) is 0. The van der Waals surface area contributed by atoms with Gasteiger partial charge < -0.3 is 14.8 Å². The van der Waals surface area contributed by atoms with Crippen LogP contribution in [0.1, 0.15) is 21.5 Å². The van der Waals surface area contributed by atoms with Crippen LogP contribution in [-0.4, -0.2) is 44.4 Å². The van der Waals surface area contributed by atoms with Gasteiger partial charge in [-0.05, 0) is 25.2 Å². The van der Waals surface area contributed by atoms with Crippen LogP contribution in [0, 0.1) is 0 Å². The van der Waals surface area contributed by atoms with Crippen molar-refractivity contribution in [2.24, 2.45) is 0 Å². The number of carbonyl (C=O) groups is 2. The molecule has 0 saturated carbocycles. The average Bonchev–Trinajstić information content (AvgIpc) is 2.79. The van der Waals surface area contributed by atoms with Crippen molar-refractivity contribution in [2.75, 3.05) is 33.1 Å². The molecule has 6 nitrogen and oxygen atoms in total. The van der Waals surface area contributed by atoms with Crippen molar-refractivity contribution in [3.05, 3.63) is 89.5 Å². The number of rotatable bonds is 9. The monoisotopic (exact) mass is 418 g/mol. The quantitative estimate of drug-likeness (QED) is 0.532. The Labute approximate surface area is 182 Å². The third-order valence-corrected chi connectivity index (χ3v) is 4.83. The van der Waals surface area contributed by atoms with Gasteiger partial charge in [0, 0.05) is 29.3 Å². The third-order valence-electron chi connectivity index (χ3n) is 4.83. The van der Waals surface area contributed by atoms with E-state index in [-0.39, 0.29) is 18.2 Å². The minimum Gasteiger partial charge on any atom is -0.497 e. The van der Waals surface area contributed by atoms with Crippen molar-refractivity contribution >= 4 is 17.4 Å². The van der Waals surface area contributed by atoms with E-state index < -0.39 is 0 Å². The van der Waals surface area contributed by atoms with Crippen molar-refractivity contribution in [3.63, 3.8) is 0 Å². The lowest BCUT2D eigenvalue weighted by Gasteiger charge is -2.19. The van der Waals surface area contributed by atoms with Gasteiger partial charge in [-0.25, -0.2) is 0 Å². The first-order valence-electron chi connectivity index (χ1n) is 9.90. The van der Waals surface area contributed by atoms with Gasteiger partial charge in [-0.15, -0.1) is 0 Å². The average molecular weight is 418 g/mol. The lowest BCUT2D eigenvalue weighted by molar-refractivity contribution is -0.117. The summed E-state index contributed by atoms with van der Waals surface area (Å²) in [5.74, 6) is 1.07. The second-order valence-corrected chi connectivity index (χ2v) is 7.14. The van der Waals surface area contributed by atoms with Crippen LogP contribution >= 0.6 is 0 Å². The molecule has 0 aliphatic rings. The normalized spacial score (nSPS) is 10.6. The maximum atomic E-state index is 12.8. The van der Waals surface area contributed by atoms with Crippen LogP contribution in [0.25, 0.3) is 0 Å². The van der Waals surface area contributed by atoms with Crippen LogP contribution in [0.5, 0.6) is 11.5 Å². The van der Waals surface area contributed by atoms with E-state index in [0.29, 0.717) is 34.9 Å². The fraction of sp³-hybridized carbons (Fsp3) is 0.200. The molecule has 0 aliphatic heterocycles. The largest absolute Gasteiger partial charge is 0.497 e. The zero-order chi connectivity index (χ0) is 22.2. The molecule has 0 unspecified atom stereocenters. The van der Waals surface area contributed by atoms with Gasteiger partial charge in [0.05, 0.1) is 26.5 Å². The number of anilines is 1. The standard InChI is InChI=1S/C25H26N2O4/c1-27(16-19-13-14-20(30-2)15-23(19)31-3)17-24(28)26-22-12-8-7-11-21(22)25(29)18-9-5-4-6-10-18/h4-15H,16-17H2,1-3H3,(H,26,28).